The van der Waals surface area contributed by atoms with Gasteiger partial charge in [-0.15, -0.1) is 0 Å². The number of hydrogen-bond donors (Lipinski definition) is 2. The smallest absolute Gasteiger partial charge is 0.134 e. The van der Waals surface area contributed by atoms with E-state index in [-0.39, 0.29) is 0 Å². The lowest BCUT2D eigenvalue weighted by molar-refractivity contribution is 1.23. The number of nitrogen functional groups attached to an aromatic ring is 2. The standard InChI is InChI=1S/C13H11N5/c14-11-3-4-16-6-10(11)8-1-2-12-9(5-8)13(15)18-7-17-12/h1-7H,(H2,14,16)(H2,15,17,18). The Labute approximate surface area is 104 Å². The summed E-state index contributed by atoms with van der Waals surface area (Å²) in [7, 11) is 0. The van der Waals surface area contributed by atoms with Gasteiger partial charge in [0.25, 0.3) is 0 Å². The van der Waals surface area contributed by atoms with E-state index in [0.29, 0.717) is 11.5 Å². The first-order valence-corrected chi connectivity index (χ1v) is 5.46. The van der Waals surface area contributed by atoms with E-state index in [2.05, 4.69) is 15.0 Å². The maximum Gasteiger partial charge on any atom is 0.134 e. The van der Waals surface area contributed by atoms with Crippen LogP contribution >= 0.6 is 0 Å². The second kappa shape index (κ2) is 3.96. The molecule has 0 atom stereocenters. The summed E-state index contributed by atoms with van der Waals surface area (Å²) in [6, 6.07) is 7.54. The molecule has 18 heavy (non-hydrogen) atoms. The van der Waals surface area contributed by atoms with Crippen LogP contribution in [0.1, 0.15) is 0 Å². The molecule has 88 valence electrons. The van der Waals surface area contributed by atoms with Crippen molar-refractivity contribution in [2.45, 2.75) is 0 Å². The number of nitrogens with two attached hydrogens (primary N) is 2. The summed E-state index contributed by atoms with van der Waals surface area (Å²) in [6.45, 7) is 0. The molecule has 5 nitrogen and oxygen atoms in total. The van der Waals surface area contributed by atoms with E-state index < -0.39 is 0 Å². The van der Waals surface area contributed by atoms with Crippen molar-refractivity contribution in [2.24, 2.45) is 0 Å². The van der Waals surface area contributed by atoms with Crippen LogP contribution in [-0.4, -0.2) is 15.0 Å². The molecule has 2 heterocycles. The van der Waals surface area contributed by atoms with Crippen LogP contribution in [0.4, 0.5) is 11.5 Å². The molecule has 0 saturated heterocycles. The molecule has 0 aliphatic heterocycles. The van der Waals surface area contributed by atoms with Gasteiger partial charge in [-0.25, -0.2) is 9.97 Å². The van der Waals surface area contributed by atoms with Gasteiger partial charge in [0.2, 0.25) is 0 Å². The van der Waals surface area contributed by atoms with Gasteiger partial charge < -0.3 is 11.5 Å². The summed E-state index contributed by atoms with van der Waals surface area (Å²) in [4.78, 5) is 12.2. The van der Waals surface area contributed by atoms with Crippen LogP contribution in [0.25, 0.3) is 22.0 Å². The minimum absolute atomic E-state index is 0.462. The maximum atomic E-state index is 5.93. The molecule has 0 fully saturated rings. The zero-order chi connectivity index (χ0) is 12.5. The van der Waals surface area contributed by atoms with Gasteiger partial charge in [-0.05, 0) is 23.8 Å². The average molecular weight is 237 g/mol. The van der Waals surface area contributed by atoms with Crippen molar-refractivity contribution < 1.29 is 0 Å². The van der Waals surface area contributed by atoms with Gasteiger partial charge in [0.1, 0.15) is 12.1 Å². The average Bonchev–Trinajstić information content (AvgIpc) is 2.40. The highest BCUT2D eigenvalue weighted by Gasteiger charge is 2.06. The second-order valence-electron chi connectivity index (χ2n) is 3.95. The first kappa shape index (κ1) is 10.5. The lowest BCUT2D eigenvalue weighted by Crippen LogP contribution is -1.94. The fraction of sp³-hybridized carbons (Fsp3) is 0. The normalized spacial score (nSPS) is 10.7. The van der Waals surface area contributed by atoms with E-state index in [1.165, 1.54) is 6.33 Å². The number of benzene rings is 1. The third-order valence-corrected chi connectivity index (χ3v) is 2.83. The number of fused-ring (bicyclic) bond motifs is 1. The SMILES string of the molecule is Nc1ccncc1-c1ccc2ncnc(N)c2c1. The van der Waals surface area contributed by atoms with E-state index in [1.807, 2.05) is 18.2 Å². The molecule has 0 amide bonds. The number of nitrogens with zero attached hydrogens (tertiary/aromatic N) is 3. The lowest BCUT2D eigenvalue weighted by atomic mass is 10.0. The molecular weight excluding hydrogens is 226 g/mol. The van der Waals surface area contributed by atoms with Gasteiger partial charge in [0.05, 0.1) is 5.52 Å². The summed E-state index contributed by atoms with van der Waals surface area (Å²) < 4.78 is 0. The zero-order valence-corrected chi connectivity index (χ0v) is 9.54. The van der Waals surface area contributed by atoms with E-state index >= 15 is 0 Å². The number of pyridine rings is 1. The van der Waals surface area contributed by atoms with Crippen LogP contribution in [0.5, 0.6) is 0 Å². The van der Waals surface area contributed by atoms with Crippen molar-refractivity contribution >= 4 is 22.4 Å². The number of aromatic nitrogens is 3. The number of anilines is 2. The second-order valence-corrected chi connectivity index (χ2v) is 3.95. The van der Waals surface area contributed by atoms with E-state index in [4.69, 9.17) is 11.5 Å². The van der Waals surface area contributed by atoms with Crippen LogP contribution in [0, 0.1) is 0 Å². The molecule has 1 aromatic carbocycles. The van der Waals surface area contributed by atoms with Crippen LogP contribution in [0.3, 0.4) is 0 Å². The summed E-state index contributed by atoms with van der Waals surface area (Å²) in [5.74, 6) is 0.462. The highest BCUT2D eigenvalue weighted by molar-refractivity contribution is 5.92. The molecule has 0 aliphatic rings. The fourth-order valence-electron chi connectivity index (χ4n) is 1.89. The highest BCUT2D eigenvalue weighted by atomic mass is 14.9. The molecule has 0 aliphatic carbocycles. The first-order valence-electron chi connectivity index (χ1n) is 5.46. The van der Waals surface area contributed by atoms with Gasteiger partial charge in [-0.2, -0.15) is 0 Å². The fourth-order valence-corrected chi connectivity index (χ4v) is 1.89. The van der Waals surface area contributed by atoms with Crippen molar-refractivity contribution in [3.8, 4) is 11.1 Å². The van der Waals surface area contributed by atoms with Gasteiger partial charge in [-0.1, -0.05) is 6.07 Å². The molecule has 4 N–H and O–H groups in total. The molecule has 0 unspecified atom stereocenters. The Morgan fingerprint density at radius 3 is 2.72 bits per heavy atom. The van der Waals surface area contributed by atoms with E-state index in [0.717, 1.165) is 22.0 Å². The van der Waals surface area contributed by atoms with Crippen LogP contribution in [0.15, 0.2) is 43.0 Å². The molecule has 0 spiro atoms. The van der Waals surface area contributed by atoms with Gasteiger partial charge >= 0.3 is 0 Å². The molecule has 0 saturated carbocycles. The first-order chi connectivity index (χ1) is 8.75. The summed E-state index contributed by atoms with van der Waals surface area (Å²) in [5, 5.41) is 0.818. The molecule has 2 aromatic heterocycles. The van der Waals surface area contributed by atoms with Crippen molar-refractivity contribution in [1.82, 2.24) is 15.0 Å². The van der Waals surface area contributed by atoms with Crippen molar-refractivity contribution in [2.75, 3.05) is 11.5 Å². The zero-order valence-electron chi connectivity index (χ0n) is 9.54. The monoisotopic (exact) mass is 237 g/mol. The molecule has 0 radical (unpaired) electrons. The Morgan fingerprint density at radius 1 is 1.00 bits per heavy atom. The van der Waals surface area contributed by atoms with Gasteiger partial charge in [-0.3, -0.25) is 4.98 Å². The Hall–Kier alpha value is -2.69. The van der Waals surface area contributed by atoms with E-state index in [9.17, 15) is 0 Å². The van der Waals surface area contributed by atoms with Crippen molar-refractivity contribution in [3.63, 3.8) is 0 Å². The molecular formula is C13H11N5. The predicted octanol–water partition coefficient (Wildman–Crippen LogP) is 1.86. The third kappa shape index (κ3) is 1.62. The Kier molecular flexibility index (Phi) is 2.30. The minimum Gasteiger partial charge on any atom is -0.398 e. The van der Waals surface area contributed by atoms with Crippen LogP contribution in [0.2, 0.25) is 0 Å². The Morgan fingerprint density at radius 2 is 1.89 bits per heavy atom. The topological polar surface area (TPSA) is 90.7 Å². The van der Waals surface area contributed by atoms with Gasteiger partial charge in [0.15, 0.2) is 0 Å². The molecule has 5 heteroatoms. The minimum atomic E-state index is 0.462. The van der Waals surface area contributed by atoms with Crippen molar-refractivity contribution in [1.29, 1.82) is 0 Å². The number of hydrogen-bond acceptors (Lipinski definition) is 5. The van der Waals surface area contributed by atoms with E-state index in [1.54, 1.807) is 18.5 Å². The molecule has 0 bridgehead atoms. The van der Waals surface area contributed by atoms with Gasteiger partial charge in [0, 0.05) is 29.0 Å². The molecule has 3 rings (SSSR count). The van der Waals surface area contributed by atoms with Crippen LogP contribution in [-0.2, 0) is 0 Å². The molecule has 3 aromatic rings. The largest absolute Gasteiger partial charge is 0.398 e. The predicted molar refractivity (Wildman–Crippen MR) is 71.6 cm³/mol. The summed E-state index contributed by atoms with van der Waals surface area (Å²) in [5.41, 5.74) is 15.1. The number of rotatable bonds is 1. The van der Waals surface area contributed by atoms with Crippen molar-refractivity contribution in [3.05, 3.63) is 43.0 Å². The Bertz CT molecular complexity index is 723. The Balaban J connectivity index is 2.26. The third-order valence-electron chi connectivity index (χ3n) is 2.83. The summed E-state index contributed by atoms with van der Waals surface area (Å²) in [6.07, 6.45) is 4.85. The quantitative estimate of drug-likeness (QED) is 0.674. The lowest BCUT2D eigenvalue weighted by Gasteiger charge is -2.06. The maximum absolute atomic E-state index is 5.93. The highest BCUT2D eigenvalue weighted by Crippen LogP contribution is 2.28. The van der Waals surface area contributed by atoms with Crippen LogP contribution < -0.4 is 11.5 Å². The summed E-state index contributed by atoms with van der Waals surface area (Å²) >= 11 is 0.